The molecule has 0 fully saturated rings. The summed E-state index contributed by atoms with van der Waals surface area (Å²) in [5.74, 6) is 0.464. The highest BCUT2D eigenvalue weighted by molar-refractivity contribution is 5.87. The Labute approximate surface area is 161 Å². The third-order valence-electron chi connectivity index (χ3n) is 4.43. The van der Waals surface area contributed by atoms with Crippen molar-refractivity contribution in [2.75, 3.05) is 13.7 Å². The number of nitrogens with one attached hydrogen (secondary N) is 1. The van der Waals surface area contributed by atoms with Gasteiger partial charge in [0.05, 0.1) is 13.7 Å². The summed E-state index contributed by atoms with van der Waals surface area (Å²) < 4.78 is 16.4. The summed E-state index contributed by atoms with van der Waals surface area (Å²) in [5.41, 5.74) is 0.199. The molecule has 1 aromatic carbocycles. The van der Waals surface area contributed by atoms with Gasteiger partial charge in [0.2, 0.25) is 0 Å². The molecule has 2 rings (SSSR count). The minimum atomic E-state index is -1.18. The van der Waals surface area contributed by atoms with Crippen LogP contribution in [0.4, 0.5) is 4.79 Å². The van der Waals surface area contributed by atoms with E-state index in [0.717, 1.165) is 11.1 Å². The zero-order chi connectivity index (χ0) is 20.2. The molecule has 1 aliphatic rings. The Balaban J connectivity index is 2.33. The van der Waals surface area contributed by atoms with Gasteiger partial charge in [-0.2, -0.15) is 0 Å². The van der Waals surface area contributed by atoms with Gasteiger partial charge in [-0.25, -0.2) is 9.59 Å². The van der Waals surface area contributed by atoms with Gasteiger partial charge in [0.1, 0.15) is 16.9 Å². The lowest BCUT2D eigenvalue weighted by atomic mass is 9.77. The standard InChI is InChI=1S/C21H31NO5/c1-14(2)13-26-19(24)22-21(18(23)27-20(3,4)5)11-10-15-8-7-9-17(25-6)16(15)12-21/h7-9,14H,10-13H2,1-6H3,(H,22,24)/t21-/m0/s1. The van der Waals surface area contributed by atoms with Gasteiger partial charge in [0, 0.05) is 12.0 Å². The highest BCUT2D eigenvalue weighted by Gasteiger charge is 2.46. The van der Waals surface area contributed by atoms with Crippen molar-refractivity contribution < 1.29 is 23.8 Å². The highest BCUT2D eigenvalue weighted by Crippen LogP contribution is 2.36. The number of rotatable bonds is 5. The number of methoxy groups -OCH3 is 1. The molecule has 0 spiro atoms. The highest BCUT2D eigenvalue weighted by atomic mass is 16.6. The molecule has 0 saturated carbocycles. The van der Waals surface area contributed by atoms with E-state index in [2.05, 4.69) is 5.32 Å². The second kappa shape index (κ2) is 8.19. The van der Waals surface area contributed by atoms with Gasteiger partial charge < -0.3 is 19.5 Å². The van der Waals surface area contributed by atoms with E-state index >= 15 is 0 Å². The predicted octanol–water partition coefficient (Wildman–Crippen LogP) is 3.65. The van der Waals surface area contributed by atoms with Crippen LogP contribution in [0.25, 0.3) is 0 Å². The molecule has 27 heavy (non-hydrogen) atoms. The Morgan fingerprint density at radius 1 is 1.26 bits per heavy atom. The number of carbonyl (C=O) groups is 2. The first kappa shape index (κ1) is 21.1. The lowest BCUT2D eigenvalue weighted by molar-refractivity contribution is -0.163. The number of aryl methyl sites for hydroxylation is 1. The summed E-state index contributed by atoms with van der Waals surface area (Å²) in [7, 11) is 1.60. The molecule has 1 aromatic rings. The van der Waals surface area contributed by atoms with Crippen molar-refractivity contribution in [1.82, 2.24) is 5.32 Å². The smallest absolute Gasteiger partial charge is 0.408 e. The predicted molar refractivity (Wildman–Crippen MR) is 103 cm³/mol. The molecule has 0 aromatic heterocycles. The van der Waals surface area contributed by atoms with Gasteiger partial charge in [-0.1, -0.05) is 26.0 Å². The van der Waals surface area contributed by atoms with E-state index in [9.17, 15) is 9.59 Å². The summed E-state index contributed by atoms with van der Waals surface area (Å²) in [5, 5.41) is 2.81. The fraction of sp³-hybridized carbons (Fsp3) is 0.619. The van der Waals surface area contributed by atoms with E-state index in [4.69, 9.17) is 14.2 Å². The Bertz CT molecular complexity index is 678. The van der Waals surface area contributed by atoms with Crippen molar-refractivity contribution in [3.05, 3.63) is 29.3 Å². The summed E-state index contributed by atoms with van der Waals surface area (Å²) in [6.45, 7) is 9.64. The van der Waals surface area contributed by atoms with E-state index < -0.39 is 23.2 Å². The number of hydrogen-bond acceptors (Lipinski definition) is 5. The van der Waals surface area contributed by atoms with Crippen LogP contribution in [0.2, 0.25) is 0 Å². The summed E-state index contributed by atoms with van der Waals surface area (Å²) in [6, 6.07) is 5.82. The summed E-state index contributed by atoms with van der Waals surface area (Å²) >= 11 is 0. The molecule has 150 valence electrons. The molecule has 0 unspecified atom stereocenters. The van der Waals surface area contributed by atoms with Crippen LogP contribution in [0.5, 0.6) is 5.75 Å². The van der Waals surface area contributed by atoms with Crippen LogP contribution in [0.3, 0.4) is 0 Å². The Kier molecular flexibility index (Phi) is 6.39. The topological polar surface area (TPSA) is 73.9 Å². The van der Waals surface area contributed by atoms with Gasteiger partial charge in [-0.05, 0) is 51.2 Å². The second-order valence-corrected chi connectivity index (χ2v) is 8.48. The van der Waals surface area contributed by atoms with Crippen LogP contribution >= 0.6 is 0 Å². The van der Waals surface area contributed by atoms with E-state index in [1.165, 1.54) is 0 Å². The Hall–Kier alpha value is -2.24. The maximum absolute atomic E-state index is 13.1. The quantitative estimate of drug-likeness (QED) is 0.793. The summed E-state index contributed by atoms with van der Waals surface area (Å²) in [4.78, 5) is 25.5. The molecule has 0 heterocycles. The third kappa shape index (κ3) is 5.37. The van der Waals surface area contributed by atoms with Crippen LogP contribution < -0.4 is 10.1 Å². The van der Waals surface area contributed by atoms with E-state index in [1.54, 1.807) is 7.11 Å². The lowest BCUT2D eigenvalue weighted by Crippen LogP contribution is -2.59. The molecular weight excluding hydrogens is 346 g/mol. The first-order valence-electron chi connectivity index (χ1n) is 9.39. The molecule has 6 heteroatoms. The number of benzene rings is 1. The number of fused-ring (bicyclic) bond motifs is 1. The molecule has 1 N–H and O–H groups in total. The minimum Gasteiger partial charge on any atom is -0.496 e. The van der Waals surface area contributed by atoms with Gasteiger partial charge in [-0.15, -0.1) is 0 Å². The number of alkyl carbamates (subject to hydrolysis) is 1. The molecule has 1 amide bonds. The van der Waals surface area contributed by atoms with Crippen molar-refractivity contribution in [3.63, 3.8) is 0 Å². The number of amides is 1. The van der Waals surface area contributed by atoms with Gasteiger partial charge in [-0.3, -0.25) is 0 Å². The lowest BCUT2D eigenvalue weighted by Gasteiger charge is -2.38. The molecule has 1 aliphatic carbocycles. The Morgan fingerprint density at radius 2 is 1.96 bits per heavy atom. The third-order valence-corrected chi connectivity index (χ3v) is 4.43. The number of hydrogen-bond donors (Lipinski definition) is 1. The minimum absolute atomic E-state index is 0.209. The zero-order valence-electron chi connectivity index (χ0n) is 17.2. The van der Waals surface area contributed by atoms with Crippen LogP contribution in [0, 0.1) is 5.92 Å². The average molecular weight is 377 g/mol. The van der Waals surface area contributed by atoms with Crippen molar-refractivity contribution >= 4 is 12.1 Å². The summed E-state index contributed by atoms with van der Waals surface area (Å²) in [6.07, 6.45) is 0.778. The number of carbonyl (C=O) groups excluding carboxylic acids is 2. The SMILES string of the molecule is COc1cccc2c1C[C@](NC(=O)OCC(C)C)(C(=O)OC(C)(C)C)CC2. The van der Waals surface area contributed by atoms with Crippen molar-refractivity contribution in [2.45, 2.75) is 65.0 Å². The average Bonchev–Trinajstić information content (AvgIpc) is 2.57. The van der Waals surface area contributed by atoms with Gasteiger partial charge >= 0.3 is 12.1 Å². The van der Waals surface area contributed by atoms with Crippen LogP contribution in [0.1, 0.15) is 52.2 Å². The van der Waals surface area contributed by atoms with E-state index in [-0.39, 0.29) is 12.5 Å². The molecule has 0 saturated heterocycles. The van der Waals surface area contributed by atoms with Gasteiger partial charge in [0.25, 0.3) is 0 Å². The van der Waals surface area contributed by atoms with Gasteiger partial charge in [0.15, 0.2) is 0 Å². The van der Waals surface area contributed by atoms with E-state index in [1.807, 2.05) is 52.8 Å². The molecule has 0 bridgehead atoms. The molecule has 1 atom stereocenters. The first-order valence-corrected chi connectivity index (χ1v) is 9.39. The first-order chi connectivity index (χ1) is 12.6. The van der Waals surface area contributed by atoms with Crippen LogP contribution in [0.15, 0.2) is 18.2 Å². The van der Waals surface area contributed by atoms with Crippen molar-refractivity contribution in [2.24, 2.45) is 5.92 Å². The van der Waals surface area contributed by atoms with E-state index in [0.29, 0.717) is 25.0 Å². The molecular formula is C21H31NO5. The number of esters is 1. The normalized spacial score (nSPS) is 19.2. The largest absolute Gasteiger partial charge is 0.496 e. The fourth-order valence-electron chi connectivity index (χ4n) is 3.16. The van der Waals surface area contributed by atoms with Crippen molar-refractivity contribution in [1.29, 1.82) is 0 Å². The number of ether oxygens (including phenoxy) is 3. The molecule has 0 aliphatic heterocycles. The monoisotopic (exact) mass is 377 g/mol. The zero-order valence-corrected chi connectivity index (χ0v) is 17.2. The maximum atomic E-state index is 13.1. The second-order valence-electron chi connectivity index (χ2n) is 8.48. The van der Waals surface area contributed by atoms with Crippen LogP contribution in [-0.4, -0.2) is 36.9 Å². The van der Waals surface area contributed by atoms with Crippen molar-refractivity contribution in [3.8, 4) is 5.75 Å². The Morgan fingerprint density at radius 3 is 2.56 bits per heavy atom. The fourth-order valence-corrected chi connectivity index (χ4v) is 3.16. The van der Waals surface area contributed by atoms with Crippen LogP contribution in [-0.2, 0) is 27.1 Å². The molecule has 6 nitrogen and oxygen atoms in total. The molecule has 0 radical (unpaired) electrons. The maximum Gasteiger partial charge on any atom is 0.408 e.